The number of anilines is 1. The first-order valence-corrected chi connectivity index (χ1v) is 7.29. The molecule has 2 amide bonds. The number of alkyl halides is 3. The van der Waals surface area contributed by atoms with Crippen LogP contribution in [-0.2, 0) is 6.18 Å². The topological polar surface area (TPSA) is 64.9 Å². The van der Waals surface area contributed by atoms with Crippen LogP contribution in [0, 0.1) is 0 Å². The van der Waals surface area contributed by atoms with Gasteiger partial charge in [0.25, 0.3) is 0 Å². The molecule has 0 unspecified atom stereocenters. The van der Waals surface area contributed by atoms with Crippen LogP contribution >= 0.6 is 11.6 Å². The van der Waals surface area contributed by atoms with E-state index in [2.05, 4.69) is 10.4 Å². The van der Waals surface area contributed by atoms with E-state index in [1.165, 1.54) is 19.3 Å². The number of urea groups is 1. The van der Waals surface area contributed by atoms with Crippen molar-refractivity contribution in [1.29, 1.82) is 0 Å². The van der Waals surface area contributed by atoms with Crippen molar-refractivity contribution in [3.8, 4) is 5.75 Å². The SMILES string of the molecule is CN(/N=C/c1ccccc1O)C(=O)Nc1cc(C(F)(F)F)ccc1Cl. The molecule has 0 aliphatic heterocycles. The lowest BCUT2D eigenvalue weighted by Crippen LogP contribution is -2.27. The fraction of sp³-hybridized carbons (Fsp3) is 0.125. The molecule has 0 radical (unpaired) electrons. The number of carbonyl (C=O) groups excluding carboxylic acids is 1. The second-order valence-corrected chi connectivity index (χ2v) is 5.36. The summed E-state index contributed by atoms with van der Waals surface area (Å²) in [6.45, 7) is 0. The Morgan fingerprint density at radius 3 is 2.60 bits per heavy atom. The molecule has 0 heterocycles. The Balaban J connectivity index is 2.13. The van der Waals surface area contributed by atoms with E-state index in [4.69, 9.17) is 11.6 Å². The van der Waals surface area contributed by atoms with Crippen molar-refractivity contribution in [3.05, 3.63) is 58.6 Å². The minimum atomic E-state index is -4.56. The molecule has 0 saturated heterocycles. The largest absolute Gasteiger partial charge is 0.507 e. The Morgan fingerprint density at radius 2 is 1.96 bits per heavy atom. The Labute approximate surface area is 146 Å². The fourth-order valence-corrected chi connectivity index (χ4v) is 1.96. The molecule has 0 aromatic heterocycles. The van der Waals surface area contributed by atoms with Gasteiger partial charge in [0.2, 0.25) is 0 Å². The van der Waals surface area contributed by atoms with Crippen LogP contribution in [0.4, 0.5) is 23.7 Å². The second-order valence-electron chi connectivity index (χ2n) is 4.95. The van der Waals surface area contributed by atoms with Crippen molar-refractivity contribution in [2.75, 3.05) is 12.4 Å². The van der Waals surface area contributed by atoms with Gasteiger partial charge in [-0.15, -0.1) is 0 Å². The molecule has 0 spiro atoms. The van der Waals surface area contributed by atoms with Crippen molar-refractivity contribution in [3.63, 3.8) is 0 Å². The van der Waals surface area contributed by atoms with Crippen LogP contribution in [0.2, 0.25) is 5.02 Å². The van der Waals surface area contributed by atoms with Crippen molar-refractivity contribution < 1.29 is 23.1 Å². The number of phenols is 1. The molecule has 5 nitrogen and oxygen atoms in total. The summed E-state index contributed by atoms with van der Waals surface area (Å²) in [7, 11) is 1.30. The smallest absolute Gasteiger partial charge is 0.416 e. The van der Waals surface area contributed by atoms with Crippen LogP contribution < -0.4 is 5.32 Å². The zero-order chi connectivity index (χ0) is 18.6. The predicted octanol–water partition coefficient (Wildman–Crippen LogP) is 4.56. The number of hydrogen-bond acceptors (Lipinski definition) is 3. The highest BCUT2D eigenvalue weighted by Crippen LogP contribution is 2.33. The summed E-state index contributed by atoms with van der Waals surface area (Å²) in [6.07, 6.45) is -3.32. The number of hydrazone groups is 1. The number of aromatic hydroxyl groups is 1. The molecule has 0 fully saturated rings. The van der Waals surface area contributed by atoms with Crippen molar-refractivity contribution in [2.45, 2.75) is 6.18 Å². The number of hydrogen-bond donors (Lipinski definition) is 2. The number of halogens is 4. The van der Waals surface area contributed by atoms with Gasteiger partial charge in [-0.25, -0.2) is 9.80 Å². The summed E-state index contributed by atoms with van der Waals surface area (Å²) in [6, 6.07) is 8.12. The Kier molecular flexibility index (Phi) is 5.53. The van der Waals surface area contributed by atoms with E-state index in [1.807, 2.05) is 0 Å². The first-order valence-electron chi connectivity index (χ1n) is 6.92. The Hall–Kier alpha value is -2.74. The van der Waals surface area contributed by atoms with Gasteiger partial charge in [-0.2, -0.15) is 18.3 Å². The number of para-hydroxylation sites is 1. The maximum absolute atomic E-state index is 12.7. The van der Waals surface area contributed by atoms with E-state index in [0.717, 1.165) is 23.2 Å². The average molecular weight is 372 g/mol. The summed E-state index contributed by atoms with van der Waals surface area (Å²) in [4.78, 5) is 12.0. The zero-order valence-electron chi connectivity index (χ0n) is 12.9. The minimum Gasteiger partial charge on any atom is -0.507 e. The number of nitrogens with zero attached hydrogens (tertiary/aromatic N) is 2. The Bertz CT molecular complexity index is 809. The van der Waals surface area contributed by atoms with Gasteiger partial charge in [0.1, 0.15) is 5.75 Å². The quantitative estimate of drug-likeness (QED) is 0.613. The van der Waals surface area contributed by atoms with Crippen LogP contribution in [0.1, 0.15) is 11.1 Å². The highest BCUT2D eigenvalue weighted by Gasteiger charge is 2.31. The number of benzene rings is 2. The minimum absolute atomic E-state index is 0.0269. The zero-order valence-corrected chi connectivity index (χ0v) is 13.6. The lowest BCUT2D eigenvalue weighted by atomic mass is 10.2. The molecule has 132 valence electrons. The first-order chi connectivity index (χ1) is 11.7. The third-order valence-corrected chi connectivity index (χ3v) is 3.47. The van der Waals surface area contributed by atoms with Gasteiger partial charge in [0, 0.05) is 12.6 Å². The van der Waals surface area contributed by atoms with Crippen molar-refractivity contribution >= 4 is 29.5 Å². The number of phenolic OH excluding ortho intramolecular Hbond substituents is 1. The van der Waals surface area contributed by atoms with Gasteiger partial charge in [-0.1, -0.05) is 23.7 Å². The lowest BCUT2D eigenvalue weighted by Gasteiger charge is -2.15. The summed E-state index contributed by atoms with van der Waals surface area (Å²) >= 11 is 5.82. The van der Waals surface area contributed by atoms with Gasteiger partial charge in [-0.3, -0.25) is 0 Å². The van der Waals surface area contributed by atoms with Crippen LogP contribution in [-0.4, -0.2) is 29.4 Å². The third kappa shape index (κ3) is 4.87. The molecular weight excluding hydrogens is 359 g/mol. The molecule has 2 rings (SSSR count). The average Bonchev–Trinajstić information content (AvgIpc) is 2.54. The molecule has 0 saturated carbocycles. The molecule has 0 atom stereocenters. The standard InChI is InChI=1S/C16H13ClF3N3O2/c1-23(21-9-10-4-2-3-5-14(10)24)15(25)22-13-8-11(16(18,19)20)6-7-12(13)17/h2-9,24H,1H3,(H,22,25)/b21-9+. The van der Waals surface area contributed by atoms with Crippen LogP contribution in [0.5, 0.6) is 5.75 Å². The number of amides is 2. The Morgan fingerprint density at radius 1 is 1.28 bits per heavy atom. The molecule has 9 heteroatoms. The maximum Gasteiger partial charge on any atom is 0.416 e. The second kappa shape index (κ2) is 7.43. The maximum atomic E-state index is 12.7. The normalized spacial score (nSPS) is 11.6. The van der Waals surface area contributed by atoms with Crippen LogP contribution in [0.15, 0.2) is 47.6 Å². The third-order valence-electron chi connectivity index (χ3n) is 3.14. The molecule has 2 aromatic rings. The number of carbonyl (C=O) groups is 1. The molecule has 0 aliphatic rings. The highest BCUT2D eigenvalue weighted by molar-refractivity contribution is 6.33. The van der Waals surface area contributed by atoms with E-state index in [9.17, 15) is 23.1 Å². The van der Waals surface area contributed by atoms with Gasteiger partial charge in [0.15, 0.2) is 0 Å². The highest BCUT2D eigenvalue weighted by atomic mass is 35.5. The van der Waals surface area contributed by atoms with Crippen LogP contribution in [0.3, 0.4) is 0 Å². The lowest BCUT2D eigenvalue weighted by molar-refractivity contribution is -0.137. The number of nitrogens with one attached hydrogen (secondary N) is 1. The molecule has 25 heavy (non-hydrogen) atoms. The van der Waals surface area contributed by atoms with Crippen molar-refractivity contribution in [2.24, 2.45) is 5.10 Å². The van der Waals surface area contributed by atoms with Gasteiger partial charge < -0.3 is 10.4 Å². The van der Waals surface area contributed by atoms with E-state index < -0.39 is 17.8 Å². The predicted molar refractivity (Wildman–Crippen MR) is 88.9 cm³/mol. The molecule has 2 aromatic carbocycles. The summed E-state index contributed by atoms with van der Waals surface area (Å²) < 4.78 is 38.2. The van der Waals surface area contributed by atoms with E-state index >= 15 is 0 Å². The van der Waals surface area contributed by atoms with Crippen LogP contribution in [0.25, 0.3) is 0 Å². The monoisotopic (exact) mass is 371 g/mol. The molecule has 0 aliphatic carbocycles. The fourth-order valence-electron chi connectivity index (χ4n) is 1.79. The van der Waals surface area contributed by atoms with E-state index in [-0.39, 0.29) is 16.5 Å². The van der Waals surface area contributed by atoms with Crippen molar-refractivity contribution in [1.82, 2.24) is 5.01 Å². The summed E-state index contributed by atoms with van der Waals surface area (Å²) in [5, 5.41) is 16.5. The van der Waals surface area contributed by atoms with E-state index in [0.29, 0.717) is 5.56 Å². The van der Waals surface area contributed by atoms with Gasteiger partial charge in [-0.05, 0) is 30.3 Å². The molecular formula is C16H13ClF3N3O2. The van der Waals surface area contributed by atoms with Gasteiger partial charge in [0.05, 0.1) is 22.5 Å². The molecule has 0 bridgehead atoms. The number of rotatable bonds is 3. The van der Waals surface area contributed by atoms with Gasteiger partial charge >= 0.3 is 12.2 Å². The summed E-state index contributed by atoms with van der Waals surface area (Å²) in [5.74, 6) is -0.0269. The molecule has 2 N–H and O–H groups in total. The van der Waals surface area contributed by atoms with E-state index in [1.54, 1.807) is 18.2 Å². The summed E-state index contributed by atoms with van der Waals surface area (Å²) in [5.41, 5.74) is -0.752. The first kappa shape index (κ1) is 18.6.